The van der Waals surface area contributed by atoms with Crippen LogP contribution in [-0.4, -0.2) is 92.7 Å². The number of urea groups is 1. The zero-order valence-corrected chi connectivity index (χ0v) is 33.6. The number of benzene rings is 2. The standard InChI is InChI=1S/C44H53FN8O5/c1-28-5-4-6-35(46-28)40(55)47-37-23-31-27-53(49-36(31)25-33(37)43(2,3)58)32-11-18-50(19-12-32)26-29-9-14-44(15-10-29)16-21-51(22-17-44)41(56)30-7-8-34(45)38(24-30)52-20-13-39(54)48-42(52)57/h4-8,23-25,27,29,32,58H,9-22,26H2,1-3H3,(H,47,55)(H,48,54,57). The smallest absolute Gasteiger partial charge is 0.328 e. The van der Waals surface area contributed by atoms with Crippen LogP contribution in [0.15, 0.2) is 54.7 Å². The summed E-state index contributed by atoms with van der Waals surface area (Å²) in [6.07, 6.45) is 10.7. The first kappa shape index (κ1) is 39.6. The Morgan fingerprint density at radius 3 is 2.40 bits per heavy atom. The second-order valence-corrected chi connectivity index (χ2v) is 17.4. The molecule has 1 saturated carbocycles. The number of anilines is 2. The molecule has 5 amide bonds. The lowest BCUT2D eigenvalue weighted by molar-refractivity contribution is -0.120. The molecule has 1 spiro atoms. The SMILES string of the molecule is Cc1cccc(C(=O)Nc2cc3cn(C4CCN(CC5CCC6(CC5)CCN(C(=O)c5ccc(F)c(N7CCC(=O)NC7=O)c5)CC6)CC4)nc3cc2C(C)(C)O)n1. The number of amides is 5. The van der Waals surface area contributed by atoms with E-state index in [2.05, 4.69) is 31.4 Å². The van der Waals surface area contributed by atoms with Crippen LogP contribution in [0, 0.1) is 24.1 Å². The Bertz CT molecular complexity index is 2220. The van der Waals surface area contributed by atoms with Gasteiger partial charge < -0.3 is 20.2 Å². The summed E-state index contributed by atoms with van der Waals surface area (Å²) in [5.74, 6) is -0.839. The van der Waals surface area contributed by atoms with Gasteiger partial charge in [0.25, 0.3) is 11.8 Å². The maximum absolute atomic E-state index is 14.7. The third kappa shape index (κ3) is 8.35. The van der Waals surface area contributed by atoms with Crippen LogP contribution in [0.4, 0.5) is 20.6 Å². The number of piperidine rings is 2. The Kier molecular flexibility index (Phi) is 10.8. The number of hydrogen-bond donors (Lipinski definition) is 3. The van der Waals surface area contributed by atoms with Crippen LogP contribution in [0.25, 0.3) is 10.9 Å². The Balaban J connectivity index is 0.821. The molecule has 1 aliphatic carbocycles. The summed E-state index contributed by atoms with van der Waals surface area (Å²) in [6, 6.07) is 12.8. The molecule has 4 aliphatic rings. The lowest BCUT2D eigenvalue weighted by Crippen LogP contribution is -2.50. The molecule has 5 heterocycles. The molecule has 306 valence electrons. The third-order valence-electron chi connectivity index (χ3n) is 13.0. The number of nitrogens with zero attached hydrogens (tertiary/aromatic N) is 6. The van der Waals surface area contributed by atoms with Crippen molar-refractivity contribution in [2.45, 2.75) is 90.2 Å². The van der Waals surface area contributed by atoms with Crippen molar-refractivity contribution in [2.75, 3.05) is 49.5 Å². The number of hydrogen-bond acceptors (Lipinski definition) is 8. The fourth-order valence-corrected chi connectivity index (χ4v) is 9.46. The molecule has 0 atom stereocenters. The third-order valence-corrected chi connectivity index (χ3v) is 13.0. The summed E-state index contributed by atoms with van der Waals surface area (Å²) in [5.41, 5.74) is 2.41. The maximum Gasteiger partial charge on any atom is 0.328 e. The van der Waals surface area contributed by atoms with Gasteiger partial charge in [0, 0.05) is 79.8 Å². The van der Waals surface area contributed by atoms with Gasteiger partial charge in [0.15, 0.2) is 0 Å². The van der Waals surface area contributed by atoms with Crippen LogP contribution < -0.4 is 15.5 Å². The molecule has 8 rings (SSSR count). The van der Waals surface area contributed by atoms with Gasteiger partial charge in [-0.3, -0.25) is 29.3 Å². The number of fused-ring (bicyclic) bond motifs is 1. The minimum absolute atomic E-state index is 0.0120. The Morgan fingerprint density at radius 1 is 0.966 bits per heavy atom. The molecule has 2 aromatic heterocycles. The van der Waals surface area contributed by atoms with Crippen molar-refractivity contribution >= 4 is 46.0 Å². The van der Waals surface area contributed by atoms with E-state index in [0.29, 0.717) is 41.5 Å². The first-order valence-electron chi connectivity index (χ1n) is 20.7. The molecule has 3 aliphatic heterocycles. The molecule has 13 nitrogen and oxygen atoms in total. The van der Waals surface area contributed by atoms with Gasteiger partial charge in [-0.05, 0) is 126 Å². The molecule has 0 bridgehead atoms. The monoisotopic (exact) mass is 792 g/mol. The van der Waals surface area contributed by atoms with Crippen molar-refractivity contribution in [3.63, 3.8) is 0 Å². The fraction of sp³-hybridized carbons (Fsp3) is 0.500. The summed E-state index contributed by atoms with van der Waals surface area (Å²) < 4.78 is 16.8. The van der Waals surface area contributed by atoms with Crippen molar-refractivity contribution in [1.82, 2.24) is 29.9 Å². The van der Waals surface area contributed by atoms with Crippen LogP contribution in [0.1, 0.15) is 110 Å². The van der Waals surface area contributed by atoms with Crippen LogP contribution >= 0.6 is 0 Å². The van der Waals surface area contributed by atoms with E-state index in [1.807, 2.05) is 30.0 Å². The zero-order chi connectivity index (χ0) is 40.8. The first-order valence-corrected chi connectivity index (χ1v) is 20.7. The van der Waals surface area contributed by atoms with E-state index in [1.54, 1.807) is 26.0 Å². The number of carbonyl (C=O) groups is 4. The minimum atomic E-state index is -1.20. The largest absolute Gasteiger partial charge is 0.386 e. The number of carbonyl (C=O) groups excluding carboxylic acids is 4. The minimum Gasteiger partial charge on any atom is -0.386 e. The van der Waals surface area contributed by atoms with Gasteiger partial charge in [0.05, 0.1) is 22.8 Å². The molecular formula is C44H53FN8O5. The van der Waals surface area contributed by atoms with Gasteiger partial charge in [-0.25, -0.2) is 14.2 Å². The number of aryl methyl sites for hydroxylation is 1. The summed E-state index contributed by atoms with van der Waals surface area (Å²) in [6.45, 7) is 9.75. The van der Waals surface area contributed by atoms with E-state index in [0.717, 1.165) is 74.8 Å². The Hall–Kier alpha value is -5.21. The number of likely N-dealkylation sites (tertiary alicyclic amines) is 2. The average Bonchev–Trinajstić information content (AvgIpc) is 3.62. The van der Waals surface area contributed by atoms with Crippen molar-refractivity contribution in [3.05, 3.63) is 83.1 Å². The Labute approximate surface area is 338 Å². The topological polar surface area (TPSA) is 153 Å². The summed E-state index contributed by atoms with van der Waals surface area (Å²) in [7, 11) is 0. The fourth-order valence-electron chi connectivity index (χ4n) is 9.46. The zero-order valence-electron chi connectivity index (χ0n) is 33.6. The lowest BCUT2D eigenvalue weighted by atomic mass is 9.65. The van der Waals surface area contributed by atoms with Crippen LogP contribution in [0.5, 0.6) is 0 Å². The quantitative estimate of drug-likeness (QED) is 0.182. The molecule has 14 heteroatoms. The second-order valence-electron chi connectivity index (χ2n) is 17.4. The highest BCUT2D eigenvalue weighted by Gasteiger charge is 2.40. The highest BCUT2D eigenvalue weighted by Crippen LogP contribution is 2.47. The molecule has 4 aromatic rings. The highest BCUT2D eigenvalue weighted by molar-refractivity contribution is 6.06. The average molecular weight is 793 g/mol. The van der Waals surface area contributed by atoms with Crippen LogP contribution in [0.3, 0.4) is 0 Å². The van der Waals surface area contributed by atoms with Crippen LogP contribution in [0.2, 0.25) is 0 Å². The number of rotatable bonds is 8. The van der Waals surface area contributed by atoms with Crippen molar-refractivity contribution in [3.8, 4) is 0 Å². The van der Waals surface area contributed by atoms with Crippen molar-refractivity contribution in [2.24, 2.45) is 11.3 Å². The van der Waals surface area contributed by atoms with E-state index < -0.39 is 23.4 Å². The first-order chi connectivity index (χ1) is 27.7. The molecule has 2 aromatic carbocycles. The number of nitrogens with one attached hydrogen (secondary N) is 2. The molecule has 58 heavy (non-hydrogen) atoms. The molecule has 0 radical (unpaired) electrons. The van der Waals surface area contributed by atoms with Gasteiger partial charge in [0.2, 0.25) is 5.91 Å². The van der Waals surface area contributed by atoms with Crippen LogP contribution in [-0.2, 0) is 10.4 Å². The number of pyridine rings is 1. The lowest BCUT2D eigenvalue weighted by Gasteiger charge is -2.47. The Morgan fingerprint density at radius 2 is 1.71 bits per heavy atom. The van der Waals surface area contributed by atoms with Crippen molar-refractivity contribution in [1.29, 1.82) is 0 Å². The van der Waals surface area contributed by atoms with Gasteiger partial charge in [-0.2, -0.15) is 5.10 Å². The van der Waals surface area contributed by atoms with E-state index in [9.17, 15) is 28.7 Å². The summed E-state index contributed by atoms with van der Waals surface area (Å²) in [5, 5.41) is 22.1. The van der Waals surface area contributed by atoms with E-state index in [-0.39, 0.29) is 41.9 Å². The molecule has 3 saturated heterocycles. The van der Waals surface area contributed by atoms with E-state index in [4.69, 9.17) is 5.10 Å². The molecule has 0 unspecified atom stereocenters. The number of aliphatic hydroxyl groups is 1. The highest BCUT2D eigenvalue weighted by atomic mass is 19.1. The maximum atomic E-state index is 14.7. The predicted octanol–water partition coefficient (Wildman–Crippen LogP) is 6.55. The van der Waals surface area contributed by atoms with Crippen molar-refractivity contribution < 1.29 is 28.7 Å². The van der Waals surface area contributed by atoms with E-state index >= 15 is 0 Å². The summed E-state index contributed by atoms with van der Waals surface area (Å²) in [4.78, 5) is 60.6. The normalized spacial score (nSPS) is 19.8. The van der Waals surface area contributed by atoms with Gasteiger partial charge in [-0.15, -0.1) is 0 Å². The van der Waals surface area contributed by atoms with E-state index in [1.165, 1.54) is 35.9 Å². The van der Waals surface area contributed by atoms with Gasteiger partial charge in [-0.1, -0.05) is 6.07 Å². The van der Waals surface area contributed by atoms with Gasteiger partial charge in [0.1, 0.15) is 11.5 Å². The van der Waals surface area contributed by atoms with Gasteiger partial charge >= 0.3 is 6.03 Å². The second kappa shape index (κ2) is 15.9. The number of halogens is 1. The molecule has 4 fully saturated rings. The predicted molar refractivity (Wildman–Crippen MR) is 218 cm³/mol. The molecular weight excluding hydrogens is 740 g/mol. The number of imide groups is 1. The number of aromatic nitrogens is 3. The molecule has 3 N–H and O–H groups in total. The summed E-state index contributed by atoms with van der Waals surface area (Å²) >= 11 is 0.